The van der Waals surface area contributed by atoms with Crippen LogP contribution in [0.25, 0.3) is 33.2 Å². The number of aromatic nitrogens is 4. The normalized spacial score (nSPS) is 9.64. The van der Waals surface area contributed by atoms with Gasteiger partial charge in [-0.1, -0.05) is 0 Å². The first-order valence-corrected chi connectivity index (χ1v) is 6.98. The van der Waals surface area contributed by atoms with Crippen LogP contribution in [0.5, 0.6) is 0 Å². The highest BCUT2D eigenvalue weighted by Crippen LogP contribution is 2.13. The van der Waals surface area contributed by atoms with Crippen molar-refractivity contribution in [3.05, 3.63) is 10.4 Å². The van der Waals surface area contributed by atoms with Crippen LogP contribution >= 0.6 is 23.5 Å². The van der Waals surface area contributed by atoms with Crippen LogP contribution in [-0.4, -0.2) is 17.5 Å². The molecule has 0 N–H and O–H groups in total. The van der Waals surface area contributed by atoms with Gasteiger partial charge in [-0.3, -0.25) is 0 Å². The van der Waals surface area contributed by atoms with Gasteiger partial charge in [-0.05, 0) is 0 Å². The summed E-state index contributed by atoms with van der Waals surface area (Å²) < 4.78 is 16.4. The average Bonchev–Trinajstić information content (AvgIpc) is 3.19. The first-order valence-electron chi connectivity index (χ1n) is 5.52. The lowest BCUT2D eigenvalue weighted by Gasteiger charge is -1.95. The maximum Gasteiger partial charge on any atom is 0.141 e. The Kier molecular flexibility index (Phi) is 3.17. The molecule has 0 radical (unpaired) electrons. The largest absolute Gasteiger partial charge is 0.192 e. The highest BCUT2D eigenvalue weighted by atomic mass is 32.1. The summed E-state index contributed by atoms with van der Waals surface area (Å²) in [6, 6.07) is 7.20. The van der Waals surface area contributed by atoms with E-state index in [1.54, 1.807) is 24.3 Å². The number of benzene rings is 1. The molecule has 0 saturated carbocycles. The Morgan fingerprint density at radius 3 is 1.09 bits per heavy atom. The van der Waals surface area contributed by atoms with Crippen LogP contribution in [0.4, 0.5) is 0 Å². The van der Waals surface area contributed by atoms with Crippen molar-refractivity contribution in [3.63, 3.8) is 0 Å². The van der Waals surface area contributed by atoms with E-state index in [4.69, 9.17) is 21.0 Å². The maximum absolute atomic E-state index is 9.14. The molecule has 0 aliphatic rings. The third-order valence-electron chi connectivity index (χ3n) is 2.87. The van der Waals surface area contributed by atoms with E-state index < -0.39 is 0 Å². The first-order chi connectivity index (χ1) is 10.8. The summed E-state index contributed by atoms with van der Waals surface area (Å²) in [7, 11) is 0. The molecular formula is C12N8S2. The van der Waals surface area contributed by atoms with E-state index in [0.29, 0.717) is 0 Å². The van der Waals surface area contributed by atoms with E-state index in [1.807, 2.05) is 0 Å². The Bertz CT molecular complexity index is 1040. The van der Waals surface area contributed by atoms with Gasteiger partial charge in [0.1, 0.15) is 57.5 Å². The minimum absolute atomic E-state index is 0.169. The highest BCUT2D eigenvalue weighted by molar-refractivity contribution is 7.00. The van der Waals surface area contributed by atoms with Crippen LogP contribution < -0.4 is 10.4 Å². The Morgan fingerprint density at radius 2 is 0.864 bits per heavy atom. The van der Waals surface area contributed by atoms with E-state index in [1.165, 1.54) is 0 Å². The van der Waals surface area contributed by atoms with Gasteiger partial charge >= 0.3 is 0 Å². The molecular weight excluding hydrogens is 320 g/mol. The summed E-state index contributed by atoms with van der Waals surface area (Å²) in [4.78, 5) is 0. The zero-order valence-electron chi connectivity index (χ0n) is 10.4. The Balaban J connectivity index is 2.89. The Hall–Kier alpha value is -3.44. The molecule has 1 aromatic carbocycles. The number of hydrogen-bond donors (Lipinski definition) is 0. The number of fused-ring (bicyclic) bond motifs is 2. The summed E-state index contributed by atoms with van der Waals surface area (Å²) in [5.41, 5.74) is 0.722. The van der Waals surface area contributed by atoms with Gasteiger partial charge in [-0.2, -0.15) is 38.5 Å². The fraction of sp³-hybridized carbons (Fsp3) is 0. The predicted molar refractivity (Wildman–Crippen MR) is 76.9 cm³/mol. The lowest BCUT2D eigenvalue weighted by atomic mass is 10.1. The van der Waals surface area contributed by atoms with E-state index in [2.05, 4.69) is 17.5 Å². The third-order valence-corrected chi connectivity index (χ3v) is 3.93. The Morgan fingerprint density at radius 1 is 0.591 bits per heavy atom. The monoisotopic (exact) mass is 320 g/mol. The molecule has 0 saturated heterocycles. The number of rotatable bonds is 0. The van der Waals surface area contributed by atoms with Gasteiger partial charge in [-0.25, -0.2) is 0 Å². The summed E-state index contributed by atoms with van der Waals surface area (Å²) in [6.07, 6.45) is 0. The molecule has 0 aliphatic carbocycles. The SMILES string of the molecule is N#CC(C#N)=c1c2nsnc2c(=C(C#N)C#N)c2nsnc12. The van der Waals surface area contributed by atoms with E-state index >= 15 is 0 Å². The van der Waals surface area contributed by atoms with Crippen LogP contribution in [0.3, 0.4) is 0 Å². The first kappa shape index (κ1) is 13.5. The van der Waals surface area contributed by atoms with Crippen LogP contribution in [0.1, 0.15) is 0 Å². The van der Waals surface area contributed by atoms with Gasteiger partial charge in [0, 0.05) is 0 Å². The lowest BCUT2D eigenvalue weighted by molar-refractivity contribution is 1.47. The van der Waals surface area contributed by atoms with Crippen molar-refractivity contribution in [1.82, 2.24) is 17.5 Å². The van der Waals surface area contributed by atoms with Gasteiger partial charge in [0.25, 0.3) is 0 Å². The van der Waals surface area contributed by atoms with E-state index in [-0.39, 0.29) is 43.7 Å². The standard InChI is InChI=1S/C12N8S2/c13-1-5(2-14)7-9-11(19-21-17-9)8(6(3-15)4-16)12-10(7)18-22-20-12. The van der Waals surface area contributed by atoms with Crippen molar-refractivity contribution in [1.29, 1.82) is 21.0 Å². The van der Waals surface area contributed by atoms with Crippen molar-refractivity contribution in [3.8, 4) is 24.3 Å². The van der Waals surface area contributed by atoms with E-state index in [9.17, 15) is 0 Å². The minimum atomic E-state index is -0.169. The van der Waals surface area contributed by atoms with Crippen LogP contribution in [-0.2, 0) is 0 Å². The quantitative estimate of drug-likeness (QED) is 0.566. The summed E-state index contributed by atoms with van der Waals surface area (Å²) >= 11 is 1.71. The third kappa shape index (κ3) is 1.70. The molecule has 0 spiro atoms. The van der Waals surface area contributed by atoms with Gasteiger partial charge < -0.3 is 0 Å². The molecule has 0 amide bonds. The van der Waals surface area contributed by atoms with Crippen molar-refractivity contribution >= 4 is 56.7 Å². The molecule has 2 heterocycles. The Labute approximate surface area is 130 Å². The van der Waals surface area contributed by atoms with Gasteiger partial charge in [0.2, 0.25) is 0 Å². The molecule has 0 bridgehead atoms. The van der Waals surface area contributed by atoms with Gasteiger partial charge in [-0.15, -0.1) is 0 Å². The summed E-state index contributed by atoms with van der Waals surface area (Å²) in [6.45, 7) is 0. The van der Waals surface area contributed by atoms with Gasteiger partial charge in [0.05, 0.1) is 33.9 Å². The van der Waals surface area contributed by atoms with Crippen LogP contribution in [0.15, 0.2) is 0 Å². The maximum atomic E-state index is 9.14. The average molecular weight is 320 g/mol. The fourth-order valence-corrected chi connectivity index (χ4v) is 3.12. The number of hydrogen-bond acceptors (Lipinski definition) is 10. The topological polar surface area (TPSA) is 147 Å². The second kappa shape index (κ2) is 5.16. The number of nitrogens with zero attached hydrogens (tertiary/aromatic N) is 8. The van der Waals surface area contributed by atoms with Gasteiger partial charge in [0.15, 0.2) is 0 Å². The summed E-state index contributed by atoms with van der Waals surface area (Å²) in [5.74, 6) is 0. The molecule has 3 rings (SSSR count). The predicted octanol–water partition coefficient (Wildman–Crippen LogP) is 0.0917. The molecule has 3 aromatic rings. The van der Waals surface area contributed by atoms with Crippen molar-refractivity contribution in [2.24, 2.45) is 0 Å². The second-order valence-electron chi connectivity index (χ2n) is 3.87. The molecule has 2 aromatic heterocycles. The zero-order chi connectivity index (χ0) is 15.7. The lowest BCUT2D eigenvalue weighted by Crippen LogP contribution is -2.18. The van der Waals surface area contributed by atoms with Crippen molar-refractivity contribution < 1.29 is 0 Å². The molecule has 0 unspecified atom stereocenters. The van der Waals surface area contributed by atoms with Crippen LogP contribution in [0.2, 0.25) is 0 Å². The minimum Gasteiger partial charge on any atom is -0.192 e. The smallest absolute Gasteiger partial charge is 0.141 e. The molecule has 10 heteroatoms. The zero-order valence-corrected chi connectivity index (χ0v) is 12.0. The summed E-state index contributed by atoms with van der Waals surface area (Å²) in [5, 5.41) is 37.0. The molecule has 22 heavy (non-hydrogen) atoms. The molecule has 0 atom stereocenters. The van der Waals surface area contributed by atoms with Crippen LogP contribution in [0, 0.1) is 45.3 Å². The number of nitriles is 4. The second-order valence-corrected chi connectivity index (χ2v) is 4.93. The highest BCUT2D eigenvalue weighted by Gasteiger charge is 2.18. The van der Waals surface area contributed by atoms with Crippen molar-refractivity contribution in [2.75, 3.05) is 0 Å². The molecule has 0 aliphatic heterocycles. The fourth-order valence-electron chi connectivity index (χ4n) is 2.00. The molecule has 0 fully saturated rings. The van der Waals surface area contributed by atoms with Crippen molar-refractivity contribution in [2.45, 2.75) is 0 Å². The molecule has 8 nitrogen and oxygen atoms in total. The van der Waals surface area contributed by atoms with E-state index in [0.717, 1.165) is 23.5 Å². The molecule has 100 valence electrons.